The molecular weight excluding hydrogens is 502 g/mol. The van der Waals surface area contributed by atoms with E-state index in [9.17, 15) is 19.5 Å². The van der Waals surface area contributed by atoms with Crippen molar-refractivity contribution in [2.75, 3.05) is 25.1 Å². The Balaban J connectivity index is 1.67. The molecule has 6 atom stereocenters. The summed E-state index contributed by atoms with van der Waals surface area (Å²) in [5.41, 5.74) is 0.646. The molecule has 4 rings (SSSR count). The molecule has 0 aliphatic carbocycles. The van der Waals surface area contributed by atoms with Gasteiger partial charge >= 0.3 is 0 Å². The lowest BCUT2D eigenvalue weighted by atomic mass is 9.66. The maximum atomic E-state index is 14.2. The SMILES string of the molecule is CCCCNC(=O)C1N([C@@H](CO)CC(C)C)C(=O)[C@@H]2[C@H](C(=O)Nc3ccc(OCC)cc3)[C@]3(C)CCC12S3. The first kappa shape index (κ1) is 28.7. The van der Waals surface area contributed by atoms with Crippen molar-refractivity contribution < 1.29 is 24.2 Å². The number of aliphatic hydroxyl groups excluding tert-OH is 1. The maximum absolute atomic E-state index is 14.2. The van der Waals surface area contributed by atoms with Crippen LogP contribution >= 0.6 is 11.8 Å². The highest BCUT2D eigenvalue weighted by Crippen LogP contribution is 2.71. The number of anilines is 1. The molecule has 0 radical (unpaired) electrons. The number of amides is 3. The van der Waals surface area contributed by atoms with E-state index in [1.165, 1.54) is 0 Å². The number of fused-ring (bicyclic) bond motifs is 1. The van der Waals surface area contributed by atoms with Crippen LogP contribution in [0, 0.1) is 17.8 Å². The van der Waals surface area contributed by atoms with E-state index in [1.54, 1.807) is 28.8 Å². The van der Waals surface area contributed by atoms with Gasteiger partial charge in [-0.1, -0.05) is 27.2 Å². The Bertz CT molecular complexity index is 1030. The maximum Gasteiger partial charge on any atom is 0.244 e. The number of thioether (sulfide) groups is 1. The predicted octanol–water partition coefficient (Wildman–Crippen LogP) is 3.83. The highest BCUT2D eigenvalue weighted by Gasteiger charge is 2.77. The molecule has 3 fully saturated rings. The average Bonchev–Trinajstić information content (AvgIpc) is 3.44. The minimum atomic E-state index is -0.706. The molecule has 38 heavy (non-hydrogen) atoms. The summed E-state index contributed by atoms with van der Waals surface area (Å²) >= 11 is 1.65. The van der Waals surface area contributed by atoms with Crippen LogP contribution in [0.1, 0.15) is 66.7 Å². The van der Waals surface area contributed by atoms with Crippen LogP contribution in [0.5, 0.6) is 5.75 Å². The normalized spacial score (nSPS) is 30.4. The second kappa shape index (κ2) is 11.5. The fourth-order valence-corrected chi connectivity index (χ4v) is 9.13. The van der Waals surface area contributed by atoms with Crippen LogP contribution in [-0.4, -0.2) is 69.1 Å². The van der Waals surface area contributed by atoms with Crippen LogP contribution in [0.2, 0.25) is 0 Å². The standard InChI is InChI=1S/C29H43N3O5S/c1-6-8-15-30-26(35)24-29-14-13-28(5,38-29)22(23(29)27(36)32(24)20(17-33)16-18(3)4)25(34)31-19-9-11-21(12-10-19)37-7-2/h9-12,18,20,22-24,33H,6-8,13-17H2,1-5H3,(H,30,35)(H,31,34)/t20-,22-,23+,24?,28+,29?/m1/s1. The molecule has 3 aliphatic heterocycles. The topological polar surface area (TPSA) is 108 Å². The molecule has 3 heterocycles. The summed E-state index contributed by atoms with van der Waals surface area (Å²) in [5.74, 6) is -0.760. The lowest BCUT2D eigenvalue weighted by Crippen LogP contribution is -2.56. The van der Waals surface area contributed by atoms with Gasteiger partial charge in [0.1, 0.15) is 11.8 Å². The van der Waals surface area contributed by atoms with Crippen LogP contribution in [0.15, 0.2) is 24.3 Å². The second-order valence-corrected chi connectivity index (χ2v) is 13.4. The molecule has 9 heteroatoms. The third-order valence-electron chi connectivity index (χ3n) is 8.36. The van der Waals surface area contributed by atoms with E-state index in [0.29, 0.717) is 31.7 Å². The average molecular weight is 546 g/mol. The zero-order chi connectivity index (χ0) is 27.7. The third-order valence-corrected chi connectivity index (χ3v) is 10.3. The number of aliphatic hydroxyl groups is 1. The molecule has 3 saturated heterocycles. The van der Waals surface area contributed by atoms with Crippen molar-refractivity contribution in [1.82, 2.24) is 10.2 Å². The van der Waals surface area contributed by atoms with Crippen molar-refractivity contribution >= 4 is 35.2 Å². The summed E-state index contributed by atoms with van der Waals surface area (Å²) in [6, 6.07) is 6.06. The highest BCUT2D eigenvalue weighted by molar-refractivity contribution is 8.02. The first-order valence-corrected chi connectivity index (χ1v) is 14.9. The number of unbranched alkanes of at least 4 members (excludes halogenated alkanes) is 1. The van der Waals surface area contributed by atoms with E-state index in [4.69, 9.17) is 4.74 Å². The minimum absolute atomic E-state index is 0.166. The van der Waals surface area contributed by atoms with Crippen molar-refractivity contribution in [2.24, 2.45) is 17.8 Å². The van der Waals surface area contributed by atoms with Crippen molar-refractivity contribution in [1.29, 1.82) is 0 Å². The summed E-state index contributed by atoms with van der Waals surface area (Å²) in [5, 5.41) is 16.5. The smallest absolute Gasteiger partial charge is 0.244 e. The Morgan fingerprint density at radius 1 is 1.18 bits per heavy atom. The number of likely N-dealkylation sites (tertiary alicyclic amines) is 1. The number of ether oxygens (including phenoxy) is 1. The number of nitrogens with zero attached hydrogens (tertiary/aromatic N) is 1. The van der Waals surface area contributed by atoms with Gasteiger partial charge in [0.05, 0.1) is 35.8 Å². The van der Waals surface area contributed by atoms with Gasteiger partial charge in [-0.2, -0.15) is 0 Å². The second-order valence-electron chi connectivity index (χ2n) is 11.5. The van der Waals surface area contributed by atoms with Crippen molar-refractivity contribution in [2.45, 2.75) is 88.3 Å². The van der Waals surface area contributed by atoms with E-state index in [1.807, 2.05) is 32.9 Å². The molecule has 2 bridgehead atoms. The summed E-state index contributed by atoms with van der Waals surface area (Å²) in [4.78, 5) is 43.5. The first-order chi connectivity index (χ1) is 18.1. The molecule has 0 saturated carbocycles. The van der Waals surface area contributed by atoms with Crippen molar-refractivity contribution in [3.05, 3.63) is 24.3 Å². The summed E-state index contributed by atoms with van der Waals surface area (Å²) in [7, 11) is 0. The van der Waals surface area contributed by atoms with E-state index in [0.717, 1.165) is 25.0 Å². The van der Waals surface area contributed by atoms with Crippen LogP contribution in [0.25, 0.3) is 0 Å². The Hall–Kier alpha value is -2.26. The monoisotopic (exact) mass is 545 g/mol. The molecule has 2 unspecified atom stereocenters. The van der Waals surface area contributed by atoms with Crippen molar-refractivity contribution in [3.8, 4) is 5.75 Å². The van der Waals surface area contributed by atoms with Gasteiger partial charge in [0.25, 0.3) is 0 Å². The molecule has 1 aromatic carbocycles. The quantitative estimate of drug-likeness (QED) is 0.345. The van der Waals surface area contributed by atoms with Gasteiger partial charge in [0, 0.05) is 17.0 Å². The molecule has 3 amide bonds. The zero-order valence-electron chi connectivity index (χ0n) is 23.3. The molecule has 1 aromatic rings. The minimum Gasteiger partial charge on any atom is -0.494 e. The number of nitrogens with one attached hydrogen (secondary N) is 2. The van der Waals surface area contributed by atoms with Gasteiger partial charge in [-0.25, -0.2) is 0 Å². The summed E-state index contributed by atoms with van der Waals surface area (Å²) < 4.78 is 4.37. The summed E-state index contributed by atoms with van der Waals surface area (Å²) in [6.07, 6.45) is 3.85. The van der Waals surface area contributed by atoms with Gasteiger partial charge in [0.2, 0.25) is 17.7 Å². The molecule has 0 aromatic heterocycles. The Labute approximate surface area is 230 Å². The lowest BCUT2D eigenvalue weighted by molar-refractivity contribution is -0.142. The molecule has 3 N–H and O–H groups in total. The predicted molar refractivity (Wildman–Crippen MR) is 150 cm³/mol. The van der Waals surface area contributed by atoms with Gasteiger partial charge in [-0.15, -0.1) is 11.8 Å². The number of carbonyl (C=O) groups is 3. The van der Waals surface area contributed by atoms with E-state index in [-0.39, 0.29) is 30.2 Å². The number of hydrogen-bond acceptors (Lipinski definition) is 6. The molecule has 3 aliphatic rings. The van der Waals surface area contributed by atoms with Crippen molar-refractivity contribution in [3.63, 3.8) is 0 Å². The zero-order valence-corrected chi connectivity index (χ0v) is 24.1. The number of benzene rings is 1. The van der Waals surface area contributed by atoms with Gasteiger partial charge < -0.3 is 25.4 Å². The fraction of sp³-hybridized carbons (Fsp3) is 0.690. The van der Waals surface area contributed by atoms with Crippen LogP contribution < -0.4 is 15.4 Å². The van der Waals surface area contributed by atoms with Crippen LogP contribution in [-0.2, 0) is 14.4 Å². The number of hydrogen-bond donors (Lipinski definition) is 3. The molecule has 1 spiro atoms. The van der Waals surface area contributed by atoms with Gasteiger partial charge in [0.15, 0.2) is 0 Å². The largest absolute Gasteiger partial charge is 0.494 e. The summed E-state index contributed by atoms with van der Waals surface area (Å²) in [6.45, 7) is 11.0. The Morgan fingerprint density at radius 2 is 1.89 bits per heavy atom. The van der Waals surface area contributed by atoms with E-state index < -0.39 is 33.4 Å². The van der Waals surface area contributed by atoms with Crippen LogP contribution in [0.3, 0.4) is 0 Å². The van der Waals surface area contributed by atoms with Gasteiger partial charge in [-0.3, -0.25) is 14.4 Å². The van der Waals surface area contributed by atoms with Gasteiger partial charge in [-0.05, 0) is 69.7 Å². The molecule has 210 valence electrons. The van der Waals surface area contributed by atoms with E-state index >= 15 is 0 Å². The Morgan fingerprint density at radius 3 is 2.50 bits per heavy atom. The fourth-order valence-electron chi connectivity index (χ4n) is 6.78. The third kappa shape index (κ3) is 5.04. The lowest BCUT2D eigenvalue weighted by Gasteiger charge is -2.37. The number of rotatable bonds is 12. The highest BCUT2D eigenvalue weighted by atomic mass is 32.2. The van der Waals surface area contributed by atoms with E-state index in [2.05, 4.69) is 24.5 Å². The Kier molecular flexibility index (Phi) is 8.67. The molecule has 8 nitrogen and oxygen atoms in total. The first-order valence-electron chi connectivity index (χ1n) is 14.1. The molecular formula is C29H43N3O5S. The van der Waals surface area contributed by atoms with Crippen LogP contribution in [0.4, 0.5) is 5.69 Å². The number of carbonyl (C=O) groups excluding carboxylic acids is 3.